The van der Waals surface area contributed by atoms with Gasteiger partial charge in [-0.15, -0.1) is 11.8 Å². The molecule has 0 saturated heterocycles. The fraction of sp³-hybridized carbons (Fsp3) is 0.375. The number of hydrogen-bond acceptors (Lipinski definition) is 5. The van der Waals surface area contributed by atoms with Crippen LogP contribution in [0.3, 0.4) is 0 Å². The number of thioether (sulfide) groups is 2. The van der Waals surface area contributed by atoms with Gasteiger partial charge in [0.2, 0.25) is 0 Å². The Morgan fingerprint density at radius 1 is 1.67 bits per heavy atom. The summed E-state index contributed by atoms with van der Waals surface area (Å²) in [4.78, 5) is 26.9. The van der Waals surface area contributed by atoms with Crippen LogP contribution in [0.5, 0.6) is 0 Å². The second-order valence-electron chi connectivity index (χ2n) is 2.89. The molecule has 1 aromatic heterocycles. The summed E-state index contributed by atoms with van der Waals surface area (Å²) >= 11 is 2.66. The smallest absolute Gasteiger partial charge is 0.344 e. The highest BCUT2D eigenvalue weighted by atomic mass is 32.2. The van der Waals surface area contributed by atoms with Crippen molar-refractivity contribution in [3.63, 3.8) is 0 Å². The summed E-state index contributed by atoms with van der Waals surface area (Å²) in [6.45, 7) is 0.542. The molecule has 1 aromatic rings. The van der Waals surface area contributed by atoms with Gasteiger partial charge in [0, 0.05) is 12.3 Å². The van der Waals surface area contributed by atoms with E-state index >= 15 is 0 Å². The molecule has 0 amide bonds. The van der Waals surface area contributed by atoms with Gasteiger partial charge in [-0.2, -0.15) is 0 Å². The molecule has 0 aliphatic carbocycles. The van der Waals surface area contributed by atoms with Crippen LogP contribution in [0.15, 0.2) is 15.0 Å². The van der Waals surface area contributed by atoms with E-state index in [1.54, 1.807) is 6.26 Å². The molecule has 0 aromatic carbocycles. The molecule has 2 rings (SSSR count). The van der Waals surface area contributed by atoms with Gasteiger partial charge in [0.05, 0.1) is 0 Å². The third-order valence-electron chi connectivity index (χ3n) is 2.05. The van der Waals surface area contributed by atoms with Crippen molar-refractivity contribution in [3.8, 4) is 0 Å². The third-order valence-corrected chi connectivity index (χ3v) is 3.69. The molecule has 1 aliphatic heterocycles. The van der Waals surface area contributed by atoms with E-state index in [0.29, 0.717) is 16.7 Å². The lowest BCUT2D eigenvalue weighted by atomic mass is 10.3. The van der Waals surface area contributed by atoms with Crippen LogP contribution in [0.2, 0.25) is 0 Å². The lowest BCUT2D eigenvalue weighted by Crippen LogP contribution is -2.28. The first-order chi connectivity index (χ1) is 7.15. The molecule has 0 atom stereocenters. The number of carboxylic acid groups (broad SMARTS) is 1. The fourth-order valence-electron chi connectivity index (χ4n) is 1.38. The predicted octanol–water partition coefficient (Wildman–Crippen LogP) is 0.769. The average molecular weight is 244 g/mol. The van der Waals surface area contributed by atoms with Crippen LogP contribution in [0, 0.1) is 0 Å². The molecule has 0 saturated carbocycles. The van der Waals surface area contributed by atoms with Gasteiger partial charge in [-0.05, 0) is 6.26 Å². The summed E-state index contributed by atoms with van der Waals surface area (Å²) in [6, 6.07) is 0. The van der Waals surface area contributed by atoms with Crippen molar-refractivity contribution < 1.29 is 9.90 Å². The van der Waals surface area contributed by atoms with E-state index in [2.05, 4.69) is 4.98 Å². The number of fused-ring (bicyclic) bond motifs is 1. The minimum atomic E-state index is -1.20. The van der Waals surface area contributed by atoms with E-state index in [0.717, 1.165) is 5.75 Å². The summed E-state index contributed by atoms with van der Waals surface area (Å²) in [7, 11) is 0. The van der Waals surface area contributed by atoms with Crippen molar-refractivity contribution in [1.29, 1.82) is 0 Å². The van der Waals surface area contributed by atoms with Gasteiger partial charge in [-0.3, -0.25) is 9.36 Å². The van der Waals surface area contributed by atoms with Crippen LogP contribution in [0.4, 0.5) is 0 Å². The molecule has 1 N–H and O–H groups in total. The molecular formula is C8H8N2O3S2. The standard InChI is InChI=1S/C8H8N2O3S2/c1-14-5-4(7(12)13)6(11)10-2-3-15-8(10)9-5/h2-3H2,1H3,(H,12,13). The first-order valence-electron chi connectivity index (χ1n) is 4.20. The Kier molecular flexibility index (Phi) is 2.74. The Morgan fingerprint density at radius 2 is 2.40 bits per heavy atom. The van der Waals surface area contributed by atoms with Crippen molar-refractivity contribution in [2.45, 2.75) is 16.7 Å². The Bertz CT molecular complexity index is 484. The summed E-state index contributed by atoms with van der Waals surface area (Å²) in [5.74, 6) is -0.428. The van der Waals surface area contributed by atoms with Crippen LogP contribution in [0.1, 0.15) is 10.4 Å². The quantitative estimate of drug-likeness (QED) is 0.470. The number of nitrogens with zero attached hydrogens (tertiary/aromatic N) is 2. The van der Waals surface area contributed by atoms with Crippen LogP contribution < -0.4 is 5.56 Å². The highest BCUT2D eigenvalue weighted by molar-refractivity contribution is 7.99. The zero-order chi connectivity index (χ0) is 11.0. The minimum absolute atomic E-state index is 0.214. The molecular weight excluding hydrogens is 236 g/mol. The number of carbonyl (C=O) groups is 1. The largest absolute Gasteiger partial charge is 0.477 e. The van der Waals surface area contributed by atoms with Crippen LogP contribution in [-0.2, 0) is 6.54 Å². The van der Waals surface area contributed by atoms with Gasteiger partial charge in [0.15, 0.2) is 10.7 Å². The van der Waals surface area contributed by atoms with Crippen molar-refractivity contribution in [1.82, 2.24) is 9.55 Å². The predicted molar refractivity (Wildman–Crippen MR) is 58.0 cm³/mol. The van der Waals surface area contributed by atoms with Gasteiger partial charge < -0.3 is 5.11 Å². The molecule has 0 unspecified atom stereocenters. The molecule has 0 bridgehead atoms. The first kappa shape index (κ1) is 10.6. The van der Waals surface area contributed by atoms with Gasteiger partial charge in [0.1, 0.15) is 5.03 Å². The van der Waals surface area contributed by atoms with Crippen molar-refractivity contribution >= 4 is 29.5 Å². The Balaban J connectivity index is 2.73. The molecule has 7 heteroatoms. The maximum atomic E-state index is 11.8. The van der Waals surface area contributed by atoms with Crippen LogP contribution >= 0.6 is 23.5 Å². The summed E-state index contributed by atoms with van der Waals surface area (Å²) in [6.07, 6.45) is 1.71. The van der Waals surface area contributed by atoms with Crippen LogP contribution in [-0.4, -0.2) is 32.6 Å². The summed E-state index contributed by atoms with van der Waals surface area (Å²) in [5.41, 5.74) is -0.657. The fourth-order valence-corrected chi connectivity index (χ4v) is 2.94. The molecule has 5 nitrogen and oxygen atoms in total. The maximum Gasteiger partial charge on any atom is 0.344 e. The highest BCUT2D eigenvalue weighted by Gasteiger charge is 2.24. The molecule has 0 radical (unpaired) electrons. The zero-order valence-corrected chi connectivity index (χ0v) is 9.52. The molecule has 15 heavy (non-hydrogen) atoms. The van der Waals surface area contributed by atoms with E-state index in [9.17, 15) is 9.59 Å². The van der Waals surface area contributed by atoms with Gasteiger partial charge >= 0.3 is 5.97 Å². The molecule has 1 aliphatic rings. The lowest BCUT2D eigenvalue weighted by Gasteiger charge is -2.06. The van der Waals surface area contributed by atoms with E-state index in [-0.39, 0.29) is 5.56 Å². The normalized spacial score (nSPS) is 13.9. The molecule has 0 fully saturated rings. The van der Waals surface area contributed by atoms with Crippen molar-refractivity contribution in [3.05, 3.63) is 15.9 Å². The number of aromatic carboxylic acids is 1. The number of hydrogen-bond donors (Lipinski definition) is 1. The van der Waals surface area contributed by atoms with Crippen LogP contribution in [0.25, 0.3) is 0 Å². The topological polar surface area (TPSA) is 72.2 Å². The molecule has 0 spiro atoms. The van der Waals surface area contributed by atoms with E-state index in [1.165, 1.54) is 28.1 Å². The summed E-state index contributed by atoms with van der Waals surface area (Å²) < 4.78 is 1.42. The Hall–Kier alpha value is -0.950. The Labute approximate surface area is 93.9 Å². The zero-order valence-electron chi connectivity index (χ0n) is 7.89. The molecule has 80 valence electrons. The second-order valence-corrected chi connectivity index (χ2v) is 4.75. The maximum absolute atomic E-state index is 11.8. The minimum Gasteiger partial charge on any atom is -0.477 e. The number of carboxylic acids is 1. The van der Waals surface area contributed by atoms with E-state index < -0.39 is 11.5 Å². The number of aromatic nitrogens is 2. The highest BCUT2D eigenvalue weighted by Crippen LogP contribution is 2.25. The van der Waals surface area contributed by atoms with Gasteiger partial charge in [0.25, 0.3) is 5.56 Å². The van der Waals surface area contributed by atoms with E-state index in [4.69, 9.17) is 5.11 Å². The van der Waals surface area contributed by atoms with E-state index in [1.807, 2.05) is 0 Å². The lowest BCUT2D eigenvalue weighted by molar-refractivity contribution is 0.0688. The molecule has 2 heterocycles. The first-order valence-corrected chi connectivity index (χ1v) is 6.41. The SMILES string of the molecule is CSc1nc2n(c(=O)c1C(=O)O)CCS2. The van der Waals surface area contributed by atoms with Gasteiger partial charge in [-0.25, -0.2) is 9.78 Å². The van der Waals surface area contributed by atoms with Crippen molar-refractivity contribution in [2.75, 3.05) is 12.0 Å². The Morgan fingerprint density at radius 3 is 3.00 bits per heavy atom. The van der Waals surface area contributed by atoms with Gasteiger partial charge in [-0.1, -0.05) is 11.8 Å². The third kappa shape index (κ3) is 1.65. The summed E-state index contributed by atoms with van der Waals surface area (Å²) in [5, 5.41) is 9.85. The second kappa shape index (κ2) is 3.90. The monoisotopic (exact) mass is 244 g/mol. The number of rotatable bonds is 2. The van der Waals surface area contributed by atoms with Crippen molar-refractivity contribution in [2.24, 2.45) is 0 Å². The average Bonchev–Trinajstić information content (AvgIpc) is 2.64.